The van der Waals surface area contributed by atoms with Gasteiger partial charge in [0, 0.05) is 42.7 Å². The SMILES string of the molecule is O=C(Nc1ccc(SC(C(=O)Nc2nc(-c3ccccc3)cs2)c2ccccc2)cc1)/C(=C/c1c(Cl)cccc1Cl)NC(=O)c1ccccc1. The molecule has 0 aliphatic carbocycles. The van der Waals surface area contributed by atoms with Gasteiger partial charge < -0.3 is 16.0 Å². The minimum Gasteiger partial charge on any atom is -0.321 e. The number of amides is 3. The molecule has 0 bridgehead atoms. The van der Waals surface area contributed by atoms with E-state index in [-0.39, 0.29) is 11.6 Å². The number of nitrogens with zero attached hydrogens (tertiary/aromatic N) is 1. The van der Waals surface area contributed by atoms with Crippen molar-refractivity contribution in [2.24, 2.45) is 0 Å². The summed E-state index contributed by atoms with van der Waals surface area (Å²) in [5, 5.41) is 11.0. The van der Waals surface area contributed by atoms with E-state index in [4.69, 9.17) is 23.2 Å². The lowest BCUT2D eigenvalue weighted by molar-refractivity contribution is -0.116. The Hall–Kier alpha value is -5.19. The molecule has 0 radical (unpaired) electrons. The molecule has 0 aliphatic rings. The predicted octanol–water partition coefficient (Wildman–Crippen LogP) is 10.00. The fourth-order valence-corrected chi connectivity index (χ4v) is 7.08. The third-order valence-corrected chi connectivity index (χ3v) is 10.0. The van der Waals surface area contributed by atoms with E-state index in [1.165, 1.54) is 29.2 Å². The maximum atomic E-state index is 13.7. The van der Waals surface area contributed by atoms with E-state index in [0.29, 0.717) is 32.0 Å². The maximum Gasteiger partial charge on any atom is 0.272 e. The van der Waals surface area contributed by atoms with Crippen molar-refractivity contribution >= 4 is 80.9 Å². The van der Waals surface area contributed by atoms with Crippen LogP contribution < -0.4 is 16.0 Å². The van der Waals surface area contributed by atoms with Crippen molar-refractivity contribution in [3.8, 4) is 11.3 Å². The van der Waals surface area contributed by atoms with Crippen molar-refractivity contribution in [3.63, 3.8) is 0 Å². The third kappa shape index (κ3) is 8.88. The van der Waals surface area contributed by atoms with Gasteiger partial charge in [-0.05, 0) is 60.2 Å². The van der Waals surface area contributed by atoms with Gasteiger partial charge in [0.15, 0.2) is 5.13 Å². The van der Waals surface area contributed by atoms with E-state index < -0.39 is 17.1 Å². The summed E-state index contributed by atoms with van der Waals surface area (Å²) in [5.74, 6) is -1.26. The highest BCUT2D eigenvalue weighted by molar-refractivity contribution is 8.00. The number of rotatable bonds is 11. The number of thioether (sulfide) groups is 1. The van der Waals surface area contributed by atoms with E-state index in [9.17, 15) is 14.4 Å². The molecule has 0 spiro atoms. The van der Waals surface area contributed by atoms with Gasteiger partial charge in [-0.15, -0.1) is 23.1 Å². The Morgan fingerprint density at radius 1 is 0.720 bits per heavy atom. The zero-order valence-electron chi connectivity index (χ0n) is 26.2. The van der Waals surface area contributed by atoms with Gasteiger partial charge >= 0.3 is 0 Å². The van der Waals surface area contributed by atoms with Crippen LogP contribution in [-0.4, -0.2) is 22.7 Å². The number of aromatic nitrogens is 1. The van der Waals surface area contributed by atoms with Crippen LogP contribution in [0.1, 0.15) is 26.7 Å². The molecule has 7 nitrogen and oxygen atoms in total. The summed E-state index contributed by atoms with van der Waals surface area (Å²) in [4.78, 5) is 45.7. The van der Waals surface area contributed by atoms with E-state index in [1.54, 1.807) is 60.7 Å². The zero-order valence-corrected chi connectivity index (χ0v) is 29.3. The summed E-state index contributed by atoms with van der Waals surface area (Å²) < 4.78 is 0. The number of carbonyl (C=O) groups is 3. The lowest BCUT2D eigenvalue weighted by Crippen LogP contribution is -2.30. The van der Waals surface area contributed by atoms with Crippen LogP contribution in [0.5, 0.6) is 0 Å². The molecule has 0 aliphatic heterocycles. The molecule has 3 amide bonds. The number of nitrogens with one attached hydrogen (secondary N) is 3. The smallest absolute Gasteiger partial charge is 0.272 e. The summed E-state index contributed by atoms with van der Waals surface area (Å²) in [7, 11) is 0. The Morgan fingerprint density at radius 3 is 2.00 bits per heavy atom. The minimum atomic E-state index is -0.580. The second-order valence-corrected chi connectivity index (χ2v) is 13.6. The Balaban J connectivity index is 1.18. The van der Waals surface area contributed by atoms with E-state index in [2.05, 4.69) is 20.9 Å². The molecule has 1 heterocycles. The number of hydrogen-bond acceptors (Lipinski definition) is 6. The van der Waals surface area contributed by atoms with Crippen LogP contribution in [0, 0.1) is 0 Å². The van der Waals surface area contributed by atoms with Crippen LogP contribution in [0.4, 0.5) is 10.8 Å². The quantitative estimate of drug-likeness (QED) is 0.0909. The number of anilines is 2. The largest absolute Gasteiger partial charge is 0.321 e. The average Bonchev–Trinajstić information content (AvgIpc) is 3.61. The van der Waals surface area contributed by atoms with Gasteiger partial charge in [-0.25, -0.2) is 4.98 Å². The highest BCUT2D eigenvalue weighted by atomic mass is 35.5. The molecular formula is C39H28Cl2N4O3S2. The molecule has 3 N–H and O–H groups in total. The first kappa shape index (κ1) is 34.7. The molecule has 6 rings (SSSR count). The molecule has 1 atom stereocenters. The van der Waals surface area contributed by atoms with Crippen LogP contribution in [0.25, 0.3) is 17.3 Å². The average molecular weight is 736 g/mol. The first-order valence-corrected chi connectivity index (χ1v) is 17.8. The van der Waals surface area contributed by atoms with Gasteiger partial charge in [0.05, 0.1) is 5.69 Å². The van der Waals surface area contributed by atoms with Gasteiger partial charge in [-0.2, -0.15) is 0 Å². The molecule has 11 heteroatoms. The fourth-order valence-electron chi connectivity index (χ4n) is 4.83. The lowest BCUT2D eigenvalue weighted by Gasteiger charge is -2.17. The number of thiazole rings is 1. The molecule has 50 heavy (non-hydrogen) atoms. The Kier molecular flexibility index (Phi) is 11.4. The number of carbonyl (C=O) groups excluding carboxylic acids is 3. The molecule has 0 fully saturated rings. The molecule has 5 aromatic carbocycles. The molecule has 1 aromatic heterocycles. The summed E-state index contributed by atoms with van der Waals surface area (Å²) in [6.07, 6.45) is 1.44. The van der Waals surface area contributed by atoms with Crippen molar-refractivity contribution in [1.29, 1.82) is 0 Å². The van der Waals surface area contributed by atoms with Crippen molar-refractivity contribution < 1.29 is 14.4 Å². The van der Waals surface area contributed by atoms with E-state index >= 15 is 0 Å². The molecule has 1 unspecified atom stereocenters. The predicted molar refractivity (Wildman–Crippen MR) is 205 cm³/mol. The van der Waals surface area contributed by atoms with Crippen molar-refractivity contribution in [1.82, 2.24) is 10.3 Å². The monoisotopic (exact) mass is 734 g/mol. The number of benzene rings is 5. The number of hydrogen-bond donors (Lipinski definition) is 3. The molecule has 0 saturated heterocycles. The first-order valence-electron chi connectivity index (χ1n) is 15.3. The second kappa shape index (κ2) is 16.5. The summed E-state index contributed by atoms with van der Waals surface area (Å²) >= 11 is 15.5. The van der Waals surface area contributed by atoms with Gasteiger partial charge in [0.25, 0.3) is 11.8 Å². The molecule has 6 aromatic rings. The topological polar surface area (TPSA) is 100 Å². The van der Waals surface area contributed by atoms with Crippen LogP contribution >= 0.6 is 46.3 Å². The third-order valence-electron chi connectivity index (χ3n) is 7.33. The fraction of sp³-hybridized carbons (Fsp3) is 0.0256. The Bertz CT molecular complexity index is 2120. The van der Waals surface area contributed by atoms with E-state index in [1.807, 2.05) is 78.2 Å². The zero-order chi connectivity index (χ0) is 34.9. The number of halogens is 2. The van der Waals surface area contributed by atoms with Crippen molar-refractivity contribution in [2.45, 2.75) is 10.1 Å². The summed E-state index contributed by atoms with van der Waals surface area (Å²) in [5.41, 5.74) is 3.78. The minimum absolute atomic E-state index is 0.0503. The maximum absolute atomic E-state index is 13.7. The Morgan fingerprint density at radius 2 is 1.34 bits per heavy atom. The molecule has 248 valence electrons. The van der Waals surface area contributed by atoms with Crippen molar-refractivity contribution in [3.05, 3.63) is 171 Å². The first-order chi connectivity index (χ1) is 24.3. The van der Waals surface area contributed by atoms with Crippen LogP contribution in [0.3, 0.4) is 0 Å². The van der Waals surface area contributed by atoms with Crippen LogP contribution in [0.2, 0.25) is 10.0 Å². The normalized spacial score (nSPS) is 11.8. The summed E-state index contributed by atoms with van der Waals surface area (Å²) in [6.45, 7) is 0. The van der Waals surface area contributed by atoms with Crippen molar-refractivity contribution in [2.75, 3.05) is 10.6 Å². The van der Waals surface area contributed by atoms with Gasteiger partial charge in [0.1, 0.15) is 10.9 Å². The second-order valence-electron chi connectivity index (χ2n) is 10.8. The molecular weight excluding hydrogens is 707 g/mol. The molecule has 0 saturated carbocycles. The van der Waals surface area contributed by atoms with Crippen LogP contribution in [-0.2, 0) is 9.59 Å². The highest BCUT2D eigenvalue weighted by Gasteiger charge is 2.24. The summed E-state index contributed by atoms with van der Waals surface area (Å²) in [6, 6.07) is 39.9. The lowest BCUT2D eigenvalue weighted by atomic mass is 10.1. The van der Waals surface area contributed by atoms with Gasteiger partial charge in [0.2, 0.25) is 5.91 Å². The standard InChI is InChI=1S/C39H28Cl2N4O3S2/c40-31-17-10-18-32(41)30(31)23-33(43-36(46)27-15-8-3-9-16-27)37(47)42-28-19-21-29(22-20-28)50-35(26-13-6-2-7-14-26)38(48)45-39-44-34(24-49-39)25-11-4-1-5-12-25/h1-24,35H,(H,42,47)(H,43,46)(H,44,45,48)/b33-23-. The van der Waals surface area contributed by atoms with Gasteiger partial charge in [-0.3, -0.25) is 14.4 Å². The van der Waals surface area contributed by atoms with Crippen LogP contribution in [0.15, 0.2) is 149 Å². The van der Waals surface area contributed by atoms with Gasteiger partial charge in [-0.1, -0.05) is 108 Å². The highest BCUT2D eigenvalue weighted by Crippen LogP contribution is 2.37. The Labute approximate surface area is 307 Å². The van der Waals surface area contributed by atoms with E-state index in [0.717, 1.165) is 21.7 Å².